The average Bonchev–Trinajstić information content (AvgIpc) is 2.07. The minimum absolute atomic E-state index is 0.312. The van der Waals surface area contributed by atoms with Gasteiger partial charge in [-0.05, 0) is 6.54 Å². The molecule has 1 aliphatic rings. The van der Waals surface area contributed by atoms with E-state index in [2.05, 4.69) is 22.5 Å². The number of carbonyl (C=O) groups is 2. The van der Waals surface area contributed by atoms with Crippen LogP contribution in [0.2, 0.25) is 0 Å². The van der Waals surface area contributed by atoms with Crippen molar-refractivity contribution in [2.75, 3.05) is 26.2 Å². The number of urea groups is 1. The Morgan fingerprint density at radius 3 is 2.60 bits per heavy atom. The Balaban J connectivity index is 2.21. The first-order valence-electron chi connectivity index (χ1n) is 5.17. The third-order valence-corrected chi connectivity index (χ3v) is 2.57. The van der Waals surface area contributed by atoms with Crippen LogP contribution in [0.1, 0.15) is 13.3 Å². The van der Waals surface area contributed by atoms with Gasteiger partial charge in [0, 0.05) is 32.1 Å². The Bertz CT molecular complexity index is 240. The van der Waals surface area contributed by atoms with Gasteiger partial charge in [0.2, 0.25) is 5.91 Å². The van der Waals surface area contributed by atoms with Gasteiger partial charge in [0.25, 0.3) is 0 Å². The minimum atomic E-state index is -0.784. The molecule has 86 valence electrons. The number of hydrogen-bond donors (Lipinski definition) is 3. The summed E-state index contributed by atoms with van der Waals surface area (Å²) >= 11 is 0. The van der Waals surface area contributed by atoms with Crippen LogP contribution < -0.4 is 16.4 Å². The van der Waals surface area contributed by atoms with Gasteiger partial charge in [-0.15, -0.1) is 0 Å². The summed E-state index contributed by atoms with van der Waals surface area (Å²) in [4.78, 5) is 23.8. The average molecular weight is 214 g/mol. The predicted octanol–water partition coefficient (Wildman–Crippen LogP) is -1.13. The molecule has 0 saturated carbocycles. The first kappa shape index (κ1) is 11.9. The maximum atomic E-state index is 11.1. The van der Waals surface area contributed by atoms with Crippen molar-refractivity contribution in [2.45, 2.75) is 19.4 Å². The van der Waals surface area contributed by atoms with E-state index in [-0.39, 0.29) is 5.91 Å². The zero-order valence-corrected chi connectivity index (χ0v) is 8.95. The first-order valence-corrected chi connectivity index (χ1v) is 5.17. The molecule has 6 heteroatoms. The van der Waals surface area contributed by atoms with Gasteiger partial charge < -0.3 is 11.1 Å². The maximum Gasteiger partial charge on any atom is 0.318 e. The smallest absolute Gasteiger partial charge is 0.318 e. The second-order valence-corrected chi connectivity index (χ2v) is 3.60. The fourth-order valence-electron chi connectivity index (χ4n) is 1.58. The molecule has 0 aromatic rings. The summed E-state index contributed by atoms with van der Waals surface area (Å²) in [7, 11) is 0. The number of nitrogens with two attached hydrogens (primary N) is 1. The van der Waals surface area contributed by atoms with Gasteiger partial charge in [0.1, 0.15) is 0 Å². The summed E-state index contributed by atoms with van der Waals surface area (Å²) in [6, 6.07) is -0.260. The van der Waals surface area contributed by atoms with Gasteiger partial charge in [-0.25, -0.2) is 4.79 Å². The Kier molecular flexibility index (Phi) is 4.51. The molecule has 15 heavy (non-hydrogen) atoms. The number of rotatable bonds is 5. The molecule has 0 atom stereocenters. The molecule has 1 heterocycles. The Hall–Kier alpha value is -1.14. The second-order valence-electron chi connectivity index (χ2n) is 3.60. The van der Waals surface area contributed by atoms with Crippen LogP contribution in [-0.4, -0.2) is 49.1 Å². The number of primary amides is 1. The van der Waals surface area contributed by atoms with E-state index in [1.807, 2.05) is 0 Å². The van der Waals surface area contributed by atoms with Crippen molar-refractivity contribution >= 4 is 11.9 Å². The fourth-order valence-corrected chi connectivity index (χ4v) is 1.58. The molecule has 1 aliphatic heterocycles. The van der Waals surface area contributed by atoms with Gasteiger partial charge in [0.05, 0.1) is 0 Å². The highest BCUT2D eigenvalue weighted by atomic mass is 16.2. The summed E-state index contributed by atoms with van der Waals surface area (Å²) < 4.78 is 0. The summed E-state index contributed by atoms with van der Waals surface area (Å²) in [5.74, 6) is -0.312. The fraction of sp³-hybridized carbons (Fsp3) is 0.778. The van der Waals surface area contributed by atoms with Crippen LogP contribution in [0.3, 0.4) is 0 Å². The number of likely N-dealkylation sites (N-methyl/N-ethyl adjacent to an activating group) is 1. The summed E-state index contributed by atoms with van der Waals surface area (Å²) in [5, 5.41) is 5.23. The molecule has 0 unspecified atom stereocenters. The van der Waals surface area contributed by atoms with Crippen LogP contribution >= 0.6 is 0 Å². The lowest BCUT2D eigenvalue weighted by Crippen LogP contribution is -2.57. The third-order valence-electron chi connectivity index (χ3n) is 2.57. The van der Waals surface area contributed by atoms with Crippen LogP contribution in [0, 0.1) is 0 Å². The largest absolute Gasteiger partial charge is 0.351 e. The Labute approximate surface area is 89.2 Å². The first-order chi connectivity index (χ1) is 7.13. The molecule has 0 aromatic carbocycles. The van der Waals surface area contributed by atoms with E-state index >= 15 is 0 Å². The monoisotopic (exact) mass is 214 g/mol. The topological polar surface area (TPSA) is 87.5 Å². The molecule has 3 amide bonds. The van der Waals surface area contributed by atoms with Gasteiger partial charge in [-0.1, -0.05) is 6.92 Å². The van der Waals surface area contributed by atoms with Crippen LogP contribution in [0.4, 0.5) is 4.79 Å². The number of nitrogens with zero attached hydrogens (tertiary/aromatic N) is 1. The van der Waals surface area contributed by atoms with Crippen molar-refractivity contribution in [1.82, 2.24) is 15.5 Å². The molecule has 0 aliphatic carbocycles. The molecule has 6 nitrogen and oxygen atoms in total. The molecule has 4 N–H and O–H groups in total. The molecule has 0 bridgehead atoms. The van der Waals surface area contributed by atoms with Gasteiger partial charge >= 0.3 is 6.03 Å². The zero-order valence-electron chi connectivity index (χ0n) is 8.95. The highest BCUT2D eigenvalue weighted by molar-refractivity contribution is 5.93. The summed E-state index contributed by atoms with van der Waals surface area (Å²) in [6.45, 7) is 5.60. The number of imide groups is 1. The summed E-state index contributed by atoms with van der Waals surface area (Å²) in [5.41, 5.74) is 4.83. The van der Waals surface area contributed by atoms with E-state index in [0.717, 1.165) is 19.6 Å². The zero-order chi connectivity index (χ0) is 11.3. The predicted molar refractivity (Wildman–Crippen MR) is 56.2 cm³/mol. The van der Waals surface area contributed by atoms with Crippen LogP contribution in [0.15, 0.2) is 0 Å². The van der Waals surface area contributed by atoms with Crippen LogP contribution in [-0.2, 0) is 4.79 Å². The molecular weight excluding hydrogens is 196 g/mol. The molecule has 1 fully saturated rings. The van der Waals surface area contributed by atoms with Crippen molar-refractivity contribution in [3.05, 3.63) is 0 Å². The number of nitrogens with one attached hydrogen (secondary N) is 2. The lowest BCUT2D eigenvalue weighted by Gasteiger charge is -2.37. The highest BCUT2D eigenvalue weighted by Gasteiger charge is 2.23. The second kappa shape index (κ2) is 5.67. The van der Waals surface area contributed by atoms with E-state index in [9.17, 15) is 9.59 Å². The maximum absolute atomic E-state index is 11.1. The van der Waals surface area contributed by atoms with Gasteiger partial charge in [-0.3, -0.25) is 15.0 Å². The lowest BCUT2D eigenvalue weighted by molar-refractivity contribution is -0.120. The molecule has 0 radical (unpaired) electrons. The van der Waals surface area contributed by atoms with Gasteiger partial charge in [-0.2, -0.15) is 0 Å². The van der Waals surface area contributed by atoms with Crippen molar-refractivity contribution in [2.24, 2.45) is 5.73 Å². The lowest BCUT2D eigenvalue weighted by atomic mass is 10.1. The molecule has 1 saturated heterocycles. The van der Waals surface area contributed by atoms with Crippen molar-refractivity contribution in [3.63, 3.8) is 0 Å². The highest BCUT2D eigenvalue weighted by Crippen LogP contribution is 2.04. The number of hydrogen-bond acceptors (Lipinski definition) is 4. The Morgan fingerprint density at radius 2 is 2.20 bits per heavy atom. The van der Waals surface area contributed by atoms with Crippen molar-refractivity contribution in [3.8, 4) is 0 Å². The van der Waals surface area contributed by atoms with E-state index in [4.69, 9.17) is 5.73 Å². The van der Waals surface area contributed by atoms with E-state index in [1.54, 1.807) is 0 Å². The van der Waals surface area contributed by atoms with E-state index < -0.39 is 6.03 Å². The third kappa shape index (κ3) is 3.85. The van der Waals surface area contributed by atoms with E-state index in [1.165, 1.54) is 0 Å². The standard InChI is InChI=1S/C9H18N4O2/c1-2-13(7-5-11-6-7)4-3-8(14)12-9(10)15/h7,11H,2-6H2,1H3,(H3,10,12,14,15). The normalized spacial score (nSPS) is 16.1. The SMILES string of the molecule is CCN(CCC(=O)NC(N)=O)C1CNC1. The molecule has 0 spiro atoms. The molecule has 1 rings (SSSR count). The van der Waals surface area contributed by atoms with Crippen molar-refractivity contribution < 1.29 is 9.59 Å². The summed E-state index contributed by atoms with van der Waals surface area (Å²) in [6.07, 6.45) is 0.313. The van der Waals surface area contributed by atoms with Crippen LogP contribution in [0.5, 0.6) is 0 Å². The van der Waals surface area contributed by atoms with Gasteiger partial charge in [0.15, 0.2) is 0 Å². The van der Waals surface area contributed by atoms with Crippen LogP contribution in [0.25, 0.3) is 0 Å². The Morgan fingerprint density at radius 1 is 1.53 bits per heavy atom. The molecule has 0 aromatic heterocycles. The number of amides is 3. The number of carbonyl (C=O) groups excluding carboxylic acids is 2. The molecular formula is C9H18N4O2. The van der Waals surface area contributed by atoms with Crippen molar-refractivity contribution in [1.29, 1.82) is 0 Å². The van der Waals surface area contributed by atoms with E-state index in [0.29, 0.717) is 19.0 Å². The minimum Gasteiger partial charge on any atom is -0.351 e. The quantitative estimate of drug-likeness (QED) is 0.540.